The SMILES string of the molecule is C[C@H](CC(=O)OCC(=O)Nc1ccc2[nH]c(=O)[nH]c2c1)c1ccccc1. The molecular weight excluding hydrogens is 334 g/mol. The summed E-state index contributed by atoms with van der Waals surface area (Å²) >= 11 is 0. The van der Waals surface area contributed by atoms with Gasteiger partial charge in [0.15, 0.2) is 6.61 Å². The summed E-state index contributed by atoms with van der Waals surface area (Å²) in [7, 11) is 0. The molecule has 3 rings (SSSR count). The lowest BCUT2D eigenvalue weighted by molar-refractivity contribution is -0.147. The number of benzene rings is 2. The molecule has 1 atom stereocenters. The second-order valence-electron chi connectivity index (χ2n) is 6.06. The van der Waals surface area contributed by atoms with Crippen LogP contribution in [0.5, 0.6) is 0 Å². The Labute approximate surface area is 149 Å². The molecule has 0 spiro atoms. The number of imidazole rings is 1. The van der Waals surface area contributed by atoms with Crippen molar-refractivity contribution in [2.75, 3.05) is 11.9 Å². The molecule has 1 amide bonds. The van der Waals surface area contributed by atoms with Gasteiger partial charge in [-0.15, -0.1) is 0 Å². The van der Waals surface area contributed by atoms with E-state index in [0.29, 0.717) is 16.7 Å². The number of nitrogens with one attached hydrogen (secondary N) is 3. The number of hydrogen-bond donors (Lipinski definition) is 3. The third-order valence-corrected chi connectivity index (χ3v) is 4.01. The molecule has 0 saturated heterocycles. The van der Waals surface area contributed by atoms with Gasteiger partial charge in [-0.3, -0.25) is 9.59 Å². The summed E-state index contributed by atoms with van der Waals surface area (Å²) in [5, 5.41) is 2.63. The Morgan fingerprint density at radius 3 is 2.58 bits per heavy atom. The van der Waals surface area contributed by atoms with Crippen molar-refractivity contribution in [1.82, 2.24) is 9.97 Å². The second kappa shape index (κ2) is 7.69. The molecule has 26 heavy (non-hydrogen) atoms. The number of aromatic nitrogens is 2. The number of fused-ring (bicyclic) bond motifs is 1. The first-order chi connectivity index (χ1) is 12.5. The first kappa shape index (κ1) is 17.5. The first-order valence-electron chi connectivity index (χ1n) is 8.24. The molecule has 0 radical (unpaired) electrons. The summed E-state index contributed by atoms with van der Waals surface area (Å²) in [6, 6.07) is 14.6. The molecule has 0 aliphatic rings. The maximum Gasteiger partial charge on any atom is 0.323 e. The molecule has 0 aliphatic carbocycles. The molecule has 1 aromatic heterocycles. The highest BCUT2D eigenvalue weighted by molar-refractivity contribution is 5.94. The van der Waals surface area contributed by atoms with Crippen LogP contribution < -0.4 is 11.0 Å². The molecule has 7 heteroatoms. The van der Waals surface area contributed by atoms with Crippen LogP contribution in [0, 0.1) is 0 Å². The Bertz CT molecular complexity index is 975. The number of amides is 1. The van der Waals surface area contributed by atoms with Crippen LogP contribution in [0.15, 0.2) is 53.3 Å². The highest BCUT2D eigenvalue weighted by atomic mass is 16.5. The standard InChI is InChI=1S/C19H19N3O4/c1-12(13-5-3-2-4-6-13)9-18(24)26-11-17(23)20-14-7-8-15-16(10-14)22-19(25)21-15/h2-8,10,12H,9,11H2,1H3,(H,20,23)(H2,21,22,25)/t12-/m1/s1. The Balaban J connectivity index is 1.49. The van der Waals surface area contributed by atoms with Crippen LogP contribution in [0.3, 0.4) is 0 Å². The highest BCUT2D eigenvalue weighted by Gasteiger charge is 2.14. The van der Waals surface area contributed by atoms with Crippen molar-refractivity contribution in [3.05, 3.63) is 64.6 Å². The second-order valence-corrected chi connectivity index (χ2v) is 6.06. The van der Waals surface area contributed by atoms with Crippen molar-refractivity contribution in [2.24, 2.45) is 0 Å². The number of esters is 1. The molecule has 1 heterocycles. The van der Waals surface area contributed by atoms with Crippen molar-refractivity contribution in [1.29, 1.82) is 0 Å². The summed E-state index contributed by atoms with van der Waals surface area (Å²) in [5.74, 6) is -0.857. The highest BCUT2D eigenvalue weighted by Crippen LogP contribution is 2.19. The third kappa shape index (κ3) is 4.38. The fourth-order valence-electron chi connectivity index (χ4n) is 2.66. The van der Waals surface area contributed by atoms with E-state index in [2.05, 4.69) is 15.3 Å². The van der Waals surface area contributed by atoms with Gasteiger partial charge in [0.1, 0.15) is 0 Å². The quantitative estimate of drug-likeness (QED) is 0.592. The van der Waals surface area contributed by atoms with Gasteiger partial charge < -0.3 is 20.0 Å². The molecular formula is C19H19N3O4. The first-order valence-corrected chi connectivity index (χ1v) is 8.24. The van der Waals surface area contributed by atoms with E-state index in [1.165, 1.54) is 0 Å². The Morgan fingerprint density at radius 2 is 1.81 bits per heavy atom. The molecule has 3 aromatic rings. The monoisotopic (exact) mass is 353 g/mol. The minimum Gasteiger partial charge on any atom is -0.456 e. The van der Waals surface area contributed by atoms with E-state index in [4.69, 9.17) is 4.74 Å². The van der Waals surface area contributed by atoms with Crippen LogP contribution in [-0.4, -0.2) is 28.5 Å². The Morgan fingerprint density at radius 1 is 1.08 bits per heavy atom. The van der Waals surface area contributed by atoms with Gasteiger partial charge in [0, 0.05) is 5.69 Å². The topological polar surface area (TPSA) is 104 Å². The Kier molecular flexibility index (Phi) is 5.17. The maximum absolute atomic E-state index is 11.9. The number of H-pyrrole nitrogens is 2. The zero-order chi connectivity index (χ0) is 18.5. The van der Waals surface area contributed by atoms with Crippen molar-refractivity contribution >= 4 is 28.6 Å². The molecule has 7 nitrogen and oxygen atoms in total. The number of anilines is 1. The van der Waals surface area contributed by atoms with Gasteiger partial charge >= 0.3 is 11.7 Å². The normalized spacial score (nSPS) is 11.9. The van der Waals surface area contributed by atoms with E-state index in [9.17, 15) is 14.4 Å². The summed E-state index contributed by atoms with van der Waals surface area (Å²) in [6.07, 6.45) is 0.202. The molecule has 3 N–H and O–H groups in total. The van der Waals surface area contributed by atoms with E-state index < -0.39 is 11.9 Å². The number of carbonyl (C=O) groups excluding carboxylic acids is 2. The molecule has 2 aromatic carbocycles. The average Bonchev–Trinajstić information content (AvgIpc) is 3.00. The molecule has 0 saturated carbocycles. The molecule has 0 bridgehead atoms. The minimum absolute atomic E-state index is 0.0135. The van der Waals surface area contributed by atoms with Crippen LogP contribution in [-0.2, 0) is 14.3 Å². The van der Waals surface area contributed by atoms with Crippen LogP contribution >= 0.6 is 0 Å². The summed E-state index contributed by atoms with van der Waals surface area (Å²) in [5.41, 5.74) is 2.47. The largest absolute Gasteiger partial charge is 0.456 e. The van der Waals surface area contributed by atoms with Crippen molar-refractivity contribution in [2.45, 2.75) is 19.3 Å². The van der Waals surface area contributed by atoms with Gasteiger partial charge in [0.25, 0.3) is 5.91 Å². The van der Waals surface area contributed by atoms with Gasteiger partial charge in [-0.2, -0.15) is 0 Å². The lowest BCUT2D eigenvalue weighted by Gasteiger charge is -2.11. The van der Waals surface area contributed by atoms with Crippen LogP contribution in [0.25, 0.3) is 11.0 Å². The Hall–Kier alpha value is -3.35. The molecule has 0 unspecified atom stereocenters. The zero-order valence-corrected chi connectivity index (χ0v) is 14.2. The van der Waals surface area contributed by atoms with Crippen molar-refractivity contribution in [3.8, 4) is 0 Å². The van der Waals surface area contributed by atoms with Crippen LogP contribution in [0.2, 0.25) is 0 Å². The van der Waals surface area contributed by atoms with Crippen molar-refractivity contribution in [3.63, 3.8) is 0 Å². The van der Waals surface area contributed by atoms with E-state index in [0.717, 1.165) is 5.56 Å². The zero-order valence-electron chi connectivity index (χ0n) is 14.2. The van der Waals surface area contributed by atoms with Gasteiger partial charge in [-0.1, -0.05) is 37.3 Å². The predicted octanol–water partition coefficient (Wildman–Crippen LogP) is 2.53. The van der Waals surface area contributed by atoms with Gasteiger partial charge in [-0.05, 0) is 29.7 Å². The molecule has 0 fully saturated rings. The third-order valence-electron chi connectivity index (χ3n) is 4.01. The number of ether oxygens (including phenoxy) is 1. The summed E-state index contributed by atoms with van der Waals surface area (Å²) < 4.78 is 5.04. The maximum atomic E-state index is 11.9. The minimum atomic E-state index is -0.442. The smallest absolute Gasteiger partial charge is 0.323 e. The molecule has 134 valence electrons. The number of aromatic amines is 2. The number of hydrogen-bond acceptors (Lipinski definition) is 4. The van der Waals surface area contributed by atoms with Crippen molar-refractivity contribution < 1.29 is 14.3 Å². The van der Waals surface area contributed by atoms with Gasteiger partial charge in [0.2, 0.25) is 0 Å². The fraction of sp³-hybridized carbons (Fsp3) is 0.211. The number of rotatable bonds is 6. The lowest BCUT2D eigenvalue weighted by Crippen LogP contribution is -2.21. The average molecular weight is 353 g/mol. The van der Waals surface area contributed by atoms with E-state index >= 15 is 0 Å². The van der Waals surface area contributed by atoms with Crippen LogP contribution in [0.4, 0.5) is 5.69 Å². The summed E-state index contributed by atoms with van der Waals surface area (Å²) in [6.45, 7) is 1.57. The van der Waals surface area contributed by atoms with E-state index in [1.54, 1.807) is 18.2 Å². The predicted molar refractivity (Wildman–Crippen MR) is 98.0 cm³/mol. The van der Waals surface area contributed by atoms with E-state index in [1.807, 2.05) is 37.3 Å². The van der Waals surface area contributed by atoms with Crippen LogP contribution in [0.1, 0.15) is 24.8 Å². The van der Waals surface area contributed by atoms with E-state index in [-0.39, 0.29) is 24.6 Å². The fourth-order valence-corrected chi connectivity index (χ4v) is 2.66. The van der Waals surface area contributed by atoms with Gasteiger partial charge in [-0.25, -0.2) is 4.79 Å². The van der Waals surface area contributed by atoms with Gasteiger partial charge in [0.05, 0.1) is 17.5 Å². The lowest BCUT2D eigenvalue weighted by atomic mass is 9.98. The number of carbonyl (C=O) groups is 2. The summed E-state index contributed by atoms with van der Waals surface area (Å²) in [4.78, 5) is 40.3. The molecule has 0 aliphatic heterocycles.